The zero-order valence-electron chi connectivity index (χ0n) is 5.97. The first-order valence-electron chi connectivity index (χ1n) is 3.68. The van der Waals surface area contributed by atoms with Crippen molar-refractivity contribution in [2.24, 2.45) is 11.7 Å². The summed E-state index contributed by atoms with van der Waals surface area (Å²) in [6.07, 6.45) is 2.24. The molecule has 1 heterocycles. The Bertz CT molecular complexity index is 79.0. The second-order valence-corrected chi connectivity index (χ2v) is 2.70. The molecule has 0 aliphatic carbocycles. The largest absolute Gasteiger partial charge is 0.381 e. The zero-order valence-corrected chi connectivity index (χ0v) is 5.97. The molecule has 0 aromatic rings. The van der Waals surface area contributed by atoms with E-state index in [0.717, 1.165) is 26.1 Å². The average Bonchev–Trinajstić information content (AvgIpc) is 2.37. The second-order valence-electron chi connectivity index (χ2n) is 2.70. The van der Waals surface area contributed by atoms with E-state index in [1.807, 2.05) is 0 Å². The SMILES string of the molecule is CC[C@@H](N)[C@H]1CCOC1. The molecule has 1 saturated heterocycles. The van der Waals surface area contributed by atoms with E-state index in [9.17, 15) is 0 Å². The van der Waals surface area contributed by atoms with Crippen LogP contribution in [-0.4, -0.2) is 19.3 Å². The summed E-state index contributed by atoms with van der Waals surface area (Å²) < 4.78 is 5.20. The first kappa shape index (κ1) is 7.03. The monoisotopic (exact) mass is 129 g/mol. The normalized spacial score (nSPS) is 30.7. The van der Waals surface area contributed by atoms with Crippen LogP contribution >= 0.6 is 0 Å². The molecule has 1 rings (SSSR count). The lowest BCUT2D eigenvalue weighted by atomic mass is 9.98. The molecule has 2 N–H and O–H groups in total. The van der Waals surface area contributed by atoms with Gasteiger partial charge in [-0.2, -0.15) is 0 Å². The molecule has 1 aliphatic rings. The highest BCUT2D eigenvalue weighted by atomic mass is 16.5. The van der Waals surface area contributed by atoms with Gasteiger partial charge in [-0.05, 0) is 18.8 Å². The van der Waals surface area contributed by atoms with Gasteiger partial charge in [-0.25, -0.2) is 0 Å². The van der Waals surface area contributed by atoms with E-state index in [-0.39, 0.29) is 0 Å². The lowest BCUT2D eigenvalue weighted by Crippen LogP contribution is -2.29. The Hall–Kier alpha value is -0.0800. The highest BCUT2D eigenvalue weighted by molar-refractivity contribution is 4.74. The molecular weight excluding hydrogens is 114 g/mol. The summed E-state index contributed by atoms with van der Waals surface area (Å²) >= 11 is 0. The van der Waals surface area contributed by atoms with Gasteiger partial charge in [0.15, 0.2) is 0 Å². The molecular formula is C7H15NO. The van der Waals surface area contributed by atoms with Crippen molar-refractivity contribution in [3.8, 4) is 0 Å². The summed E-state index contributed by atoms with van der Waals surface area (Å²) in [5, 5.41) is 0. The van der Waals surface area contributed by atoms with E-state index >= 15 is 0 Å². The summed E-state index contributed by atoms with van der Waals surface area (Å²) in [4.78, 5) is 0. The Labute approximate surface area is 56.4 Å². The minimum Gasteiger partial charge on any atom is -0.381 e. The maximum Gasteiger partial charge on any atom is 0.0509 e. The quantitative estimate of drug-likeness (QED) is 0.597. The maximum absolute atomic E-state index is 5.80. The van der Waals surface area contributed by atoms with Gasteiger partial charge in [-0.1, -0.05) is 6.92 Å². The molecule has 1 aliphatic heterocycles. The number of hydrogen-bond donors (Lipinski definition) is 1. The third-order valence-electron chi connectivity index (χ3n) is 2.04. The minimum absolute atomic E-state index is 0.368. The molecule has 54 valence electrons. The van der Waals surface area contributed by atoms with Gasteiger partial charge in [-0.15, -0.1) is 0 Å². The van der Waals surface area contributed by atoms with E-state index in [2.05, 4.69) is 6.92 Å². The van der Waals surface area contributed by atoms with Crippen LogP contribution in [-0.2, 0) is 4.74 Å². The Morgan fingerprint density at radius 1 is 1.78 bits per heavy atom. The van der Waals surface area contributed by atoms with Crippen LogP contribution in [0, 0.1) is 5.92 Å². The molecule has 0 saturated carbocycles. The molecule has 0 unspecified atom stereocenters. The molecule has 0 aromatic heterocycles. The molecule has 0 radical (unpaired) electrons. The molecule has 2 atom stereocenters. The third kappa shape index (κ3) is 1.66. The van der Waals surface area contributed by atoms with Crippen molar-refractivity contribution < 1.29 is 4.74 Å². The fraction of sp³-hybridized carbons (Fsp3) is 1.00. The molecule has 2 nitrogen and oxygen atoms in total. The van der Waals surface area contributed by atoms with Crippen molar-refractivity contribution in [3.63, 3.8) is 0 Å². The molecule has 0 aromatic carbocycles. The first-order chi connectivity index (χ1) is 4.34. The van der Waals surface area contributed by atoms with Crippen LogP contribution in [0.2, 0.25) is 0 Å². The van der Waals surface area contributed by atoms with Gasteiger partial charge in [0.25, 0.3) is 0 Å². The van der Waals surface area contributed by atoms with E-state index in [1.54, 1.807) is 0 Å². The number of ether oxygens (including phenoxy) is 1. The fourth-order valence-electron chi connectivity index (χ4n) is 1.22. The van der Waals surface area contributed by atoms with Crippen molar-refractivity contribution >= 4 is 0 Å². The highest BCUT2D eigenvalue weighted by Gasteiger charge is 2.20. The molecule has 1 fully saturated rings. The predicted octanol–water partition coefficient (Wildman–Crippen LogP) is 0.760. The van der Waals surface area contributed by atoms with E-state index in [4.69, 9.17) is 10.5 Å². The van der Waals surface area contributed by atoms with Gasteiger partial charge >= 0.3 is 0 Å². The molecule has 0 amide bonds. The van der Waals surface area contributed by atoms with Crippen molar-refractivity contribution in [1.82, 2.24) is 0 Å². The molecule has 0 spiro atoms. The Morgan fingerprint density at radius 2 is 2.56 bits per heavy atom. The highest BCUT2D eigenvalue weighted by Crippen LogP contribution is 2.16. The van der Waals surface area contributed by atoms with Crippen LogP contribution in [0.3, 0.4) is 0 Å². The van der Waals surface area contributed by atoms with Crippen molar-refractivity contribution in [3.05, 3.63) is 0 Å². The summed E-state index contributed by atoms with van der Waals surface area (Å²) in [5.41, 5.74) is 5.80. The van der Waals surface area contributed by atoms with E-state index in [1.165, 1.54) is 0 Å². The summed E-state index contributed by atoms with van der Waals surface area (Å²) in [6, 6.07) is 0.368. The van der Waals surface area contributed by atoms with Gasteiger partial charge in [0.05, 0.1) is 6.61 Å². The zero-order chi connectivity index (χ0) is 6.69. The lowest BCUT2D eigenvalue weighted by Gasteiger charge is -2.14. The molecule has 2 heteroatoms. The van der Waals surface area contributed by atoms with E-state index < -0.39 is 0 Å². The minimum atomic E-state index is 0.368. The number of rotatable bonds is 2. The van der Waals surface area contributed by atoms with Crippen molar-refractivity contribution in [2.45, 2.75) is 25.8 Å². The smallest absolute Gasteiger partial charge is 0.0509 e. The summed E-state index contributed by atoms with van der Waals surface area (Å²) in [5.74, 6) is 0.634. The Kier molecular flexibility index (Phi) is 2.49. The van der Waals surface area contributed by atoms with E-state index in [0.29, 0.717) is 12.0 Å². The Balaban J connectivity index is 2.24. The van der Waals surface area contributed by atoms with Crippen LogP contribution in [0.5, 0.6) is 0 Å². The fourth-order valence-corrected chi connectivity index (χ4v) is 1.22. The van der Waals surface area contributed by atoms with Crippen molar-refractivity contribution in [2.75, 3.05) is 13.2 Å². The lowest BCUT2D eigenvalue weighted by molar-refractivity contribution is 0.180. The number of hydrogen-bond acceptors (Lipinski definition) is 2. The van der Waals surface area contributed by atoms with Gasteiger partial charge in [0.2, 0.25) is 0 Å². The van der Waals surface area contributed by atoms with Gasteiger partial charge in [-0.3, -0.25) is 0 Å². The van der Waals surface area contributed by atoms with Crippen LogP contribution in [0.15, 0.2) is 0 Å². The van der Waals surface area contributed by atoms with Crippen molar-refractivity contribution in [1.29, 1.82) is 0 Å². The third-order valence-corrected chi connectivity index (χ3v) is 2.04. The summed E-state index contributed by atoms with van der Waals surface area (Å²) in [7, 11) is 0. The first-order valence-corrected chi connectivity index (χ1v) is 3.68. The molecule has 9 heavy (non-hydrogen) atoms. The van der Waals surface area contributed by atoms with Crippen LogP contribution in [0.4, 0.5) is 0 Å². The topological polar surface area (TPSA) is 35.2 Å². The number of nitrogens with two attached hydrogens (primary N) is 1. The second kappa shape index (κ2) is 3.18. The maximum atomic E-state index is 5.80. The average molecular weight is 129 g/mol. The van der Waals surface area contributed by atoms with Crippen LogP contribution < -0.4 is 5.73 Å². The molecule has 0 bridgehead atoms. The van der Waals surface area contributed by atoms with Gasteiger partial charge in [0, 0.05) is 12.6 Å². The summed E-state index contributed by atoms with van der Waals surface area (Å²) in [6.45, 7) is 3.93. The van der Waals surface area contributed by atoms with Gasteiger partial charge in [0.1, 0.15) is 0 Å². The standard InChI is InChI=1S/C7H15NO/c1-2-7(8)6-3-4-9-5-6/h6-7H,2-5,8H2,1H3/t6-,7+/m0/s1. The van der Waals surface area contributed by atoms with Crippen LogP contribution in [0.25, 0.3) is 0 Å². The predicted molar refractivity (Wildman–Crippen MR) is 37.2 cm³/mol. The van der Waals surface area contributed by atoms with Gasteiger partial charge < -0.3 is 10.5 Å². The Morgan fingerprint density at radius 3 is 3.00 bits per heavy atom. The van der Waals surface area contributed by atoms with Crippen LogP contribution in [0.1, 0.15) is 19.8 Å².